The minimum atomic E-state index is -0.586. The van der Waals surface area contributed by atoms with Gasteiger partial charge >= 0.3 is 11.9 Å². The molecule has 0 amide bonds. The number of nitrogens with zero attached hydrogens (tertiary/aromatic N) is 2. The van der Waals surface area contributed by atoms with E-state index in [1.807, 2.05) is 6.92 Å². The van der Waals surface area contributed by atoms with Crippen molar-refractivity contribution in [2.24, 2.45) is 0 Å². The Labute approximate surface area is 109 Å². The first kappa shape index (κ1) is 13.1. The van der Waals surface area contributed by atoms with Crippen molar-refractivity contribution >= 4 is 17.5 Å². The molecule has 0 atom stereocenters. The summed E-state index contributed by atoms with van der Waals surface area (Å²) in [5.41, 5.74) is 2.21. The zero-order chi connectivity index (χ0) is 14.2. The van der Waals surface area contributed by atoms with Crippen molar-refractivity contribution in [1.82, 2.24) is 9.61 Å². The van der Waals surface area contributed by atoms with Gasteiger partial charge in [-0.05, 0) is 26.0 Å². The van der Waals surface area contributed by atoms with Crippen LogP contribution in [-0.4, -0.2) is 35.8 Å². The summed E-state index contributed by atoms with van der Waals surface area (Å²) >= 11 is 0. The van der Waals surface area contributed by atoms with Crippen LogP contribution >= 0.6 is 0 Å². The summed E-state index contributed by atoms with van der Waals surface area (Å²) in [5.74, 6) is -1.17. The van der Waals surface area contributed by atoms with Gasteiger partial charge in [-0.1, -0.05) is 0 Å². The van der Waals surface area contributed by atoms with Crippen LogP contribution in [0.2, 0.25) is 0 Å². The summed E-state index contributed by atoms with van der Waals surface area (Å²) in [6.07, 6.45) is 0. The Morgan fingerprint density at radius 2 is 1.63 bits per heavy atom. The van der Waals surface area contributed by atoms with Gasteiger partial charge < -0.3 is 9.47 Å². The van der Waals surface area contributed by atoms with E-state index in [-0.39, 0.29) is 11.1 Å². The lowest BCUT2D eigenvalue weighted by Gasteiger charge is -2.01. The van der Waals surface area contributed by atoms with Crippen molar-refractivity contribution in [1.29, 1.82) is 0 Å². The number of hydrogen-bond donors (Lipinski definition) is 0. The molecule has 6 nitrogen and oxygen atoms in total. The Hall–Kier alpha value is -2.37. The van der Waals surface area contributed by atoms with Gasteiger partial charge in [0.05, 0.1) is 36.7 Å². The van der Waals surface area contributed by atoms with Gasteiger partial charge in [-0.15, -0.1) is 0 Å². The van der Waals surface area contributed by atoms with Crippen LogP contribution in [0.15, 0.2) is 12.1 Å². The number of rotatable bonds is 2. The minimum absolute atomic E-state index is 0.180. The fraction of sp³-hybridized carbons (Fsp3) is 0.308. The van der Waals surface area contributed by atoms with Gasteiger partial charge in [0, 0.05) is 0 Å². The fourth-order valence-electron chi connectivity index (χ4n) is 2.04. The molecule has 0 radical (unpaired) electrons. The van der Waals surface area contributed by atoms with Crippen LogP contribution in [0.25, 0.3) is 5.52 Å². The molecule has 0 aliphatic heterocycles. The Balaban J connectivity index is 2.88. The molecule has 2 rings (SSSR count). The van der Waals surface area contributed by atoms with Crippen molar-refractivity contribution < 1.29 is 19.1 Å². The fourth-order valence-corrected chi connectivity index (χ4v) is 2.04. The normalized spacial score (nSPS) is 10.5. The molecule has 2 aromatic rings. The molecule has 100 valence electrons. The highest BCUT2D eigenvalue weighted by Gasteiger charge is 2.27. The molecule has 0 spiro atoms. The number of aromatic nitrogens is 2. The number of ether oxygens (including phenoxy) is 2. The number of methoxy groups -OCH3 is 2. The Morgan fingerprint density at radius 1 is 1.05 bits per heavy atom. The summed E-state index contributed by atoms with van der Waals surface area (Å²) in [6.45, 7) is 3.53. The van der Waals surface area contributed by atoms with E-state index in [0.717, 1.165) is 5.69 Å². The van der Waals surface area contributed by atoms with E-state index in [1.165, 1.54) is 14.2 Å². The summed E-state index contributed by atoms with van der Waals surface area (Å²) in [6, 6.07) is 3.50. The maximum absolute atomic E-state index is 11.9. The second kappa shape index (κ2) is 4.72. The first-order valence-electron chi connectivity index (χ1n) is 5.66. The van der Waals surface area contributed by atoms with E-state index in [4.69, 9.17) is 9.47 Å². The third kappa shape index (κ3) is 1.95. The monoisotopic (exact) mass is 262 g/mol. The van der Waals surface area contributed by atoms with Gasteiger partial charge in [0.25, 0.3) is 0 Å². The van der Waals surface area contributed by atoms with Crippen molar-refractivity contribution in [3.63, 3.8) is 0 Å². The lowest BCUT2D eigenvalue weighted by atomic mass is 10.1. The van der Waals surface area contributed by atoms with Crippen molar-refractivity contribution in [3.8, 4) is 0 Å². The van der Waals surface area contributed by atoms with Crippen LogP contribution in [0, 0.1) is 13.8 Å². The van der Waals surface area contributed by atoms with E-state index < -0.39 is 11.9 Å². The van der Waals surface area contributed by atoms with Crippen LogP contribution in [0.1, 0.15) is 32.1 Å². The highest BCUT2D eigenvalue weighted by atomic mass is 16.5. The third-order valence-electron chi connectivity index (χ3n) is 2.93. The molecule has 0 aromatic carbocycles. The molecule has 0 unspecified atom stereocenters. The van der Waals surface area contributed by atoms with Crippen molar-refractivity contribution in [2.45, 2.75) is 13.8 Å². The second-order valence-corrected chi connectivity index (χ2v) is 4.09. The van der Waals surface area contributed by atoms with Gasteiger partial charge in [0.2, 0.25) is 0 Å². The van der Waals surface area contributed by atoms with E-state index >= 15 is 0 Å². The van der Waals surface area contributed by atoms with Crippen LogP contribution in [0.3, 0.4) is 0 Å². The molecular formula is C13H14N2O4. The van der Waals surface area contributed by atoms with Gasteiger partial charge in [-0.2, -0.15) is 5.10 Å². The molecule has 0 N–H and O–H groups in total. The predicted octanol–water partition coefficient (Wildman–Crippen LogP) is 1.52. The topological polar surface area (TPSA) is 69.9 Å². The van der Waals surface area contributed by atoms with Crippen LogP contribution in [0.5, 0.6) is 0 Å². The molecule has 0 aliphatic carbocycles. The van der Waals surface area contributed by atoms with Crippen molar-refractivity contribution in [2.75, 3.05) is 14.2 Å². The molecule has 6 heteroatoms. The van der Waals surface area contributed by atoms with Crippen LogP contribution < -0.4 is 0 Å². The zero-order valence-electron chi connectivity index (χ0n) is 11.2. The number of carbonyl (C=O) groups is 2. The lowest BCUT2D eigenvalue weighted by molar-refractivity contribution is 0.0557. The molecule has 0 bridgehead atoms. The van der Waals surface area contributed by atoms with E-state index in [9.17, 15) is 9.59 Å². The average molecular weight is 262 g/mol. The molecule has 2 aromatic heterocycles. The van der Waals surface area contributed by atoms with Gasteiger partial charge in [-0.25, -0.2) is 14.1 Å². The Bertz CT molecular complexity index is 673. The zero-order valence-corrected chi connectivity index (χ0v) is 11.2. The summed E-state index contributed by atoms with van der Waals surface area (Å²) in [4.78, 5) is 23.8. The largest absolute Gasteiger partial charge is 0.465 e. The maximum Gasteiger partial charge on any atom is 0.341 e. The maximum atomic E-state index is 11.9. The summed E-state index contributed by atoms with van der Waals surface area (Å²) < 4.78 is 11.0. The molecule has 0 fully saturated rings. The molecule has 0 saturated carbocycles. The van der Waals surface area contributed by atoms with E-state index in [2.05, 4.69) is 5.10 Å². The number of hydrogen-bond acceptors (Lipinski definition) is 5. The molecule has 19 heavy (non-hydrogen) atoms. The van der Waals surface area contributed by atoms with E-state index in [1.54, 1.807) is 23.6 Å². The van der Waals surface area contributed by atoms with Gasteiger partial charge in [0.1, 0.15) is 5.56 Å². The molecule has 0 aliphatic rings. The van der Waals surface area contributed by atoms with Crippen LogP contribution in [-0.2, 0) is 9.47 Å². The number of fused-ring (bicyclic) bond motifs is 1. The predicted molar refractivity (Wildman–Crippen MR) is 67.3 cm³/mol. The van der Waals surface area contributed by atoms with Crippen LogP contribution in [0.4, 0.5) is 0 Å². The van der Waals surface area contributed by atoms with Gasteiger partial charge in [0.15, 0.2) is 0 Å². The Kier molecular flexibility index (Phi) is 3.25. The third-order valence-corrected chi connectivity index (χ3v) is 2.93. The first-order chi connectivity index (χ1) is 9.01. The lowest BCUT2D eigenvalue weighted by Crippen LogP contribution is -2.10. The molecule has 2 heterocycles. The first-order valence-corrected chi connectivity index (χ1v) is 5.66. The smallest absolute Gasteiger partial charge is 0.341 e. The summed E-state index contributed by atoms with van der Waals surface area (Å²) in [5, 5.41) is 4.29. The van der Waals surface area contributed by atoms with E-state index in [0.29, 0.717) is 11.2 Å². The van der Waals surface area contributed by atoms with Crippen molar-refractivity contribution in [3.05, 3.63) is 34.6 Å². The number of carbonyl (C=O) groups excluding carboxylic acids is 2. The number of aryl methyl sites for hydroxylation is 2. The SMILES string of the molecule is COC(=O)c1c(C(=O)OC)c2ccc(C)nn2c1C. The minimum Gasteiger partial charge on any atom is -0.465 e. The molecule has 0 saturated heterocycles. The quantitative estimate of drug-likeness (QED) is 0.767. The highest BCUT2D eigenvalue weighted by Crippen LogP contribution is 2.24. The summed E-state index contributed by atoms with van der Waals surface area (Å²) in [7, 11) is 2.54. The molecular weight excluding hydrogens is 248 g/mol. The number of esters is 2. The van der Waals surface area contributed by atoms with Gasteiger partial charge in [-0.3, -0.25) is 0 Å². The Morgan fingerprint density at radius 3 is 2.21 bits per heavy atom. The highest BCUT2D eigenvalue weighted by molar-refractivity contribution is 6.09. The standard InChI is InChI=1S/C13H14N2O4/c1-7-5-6-9-11(13(17)19-4)10(12(16)18-3)8(2)15(9)14-7/h5-6H,1-4H3. The second-order valence-electron chi connectivity index (χ2n) is 4.09. The average Bonchev–Trinajstić information content (AvgIpc) is 2.70.